The van der Waals surface area contributed by atoms with Crippen LogP contribution in [-0.2, 0) is 6.54 Å². The van der Waals surface area contributed by atoms with Crippen LogP contribution in [0.4, 0.5) is 11.4 Å². The first-order valence-corrected chi connectivity index (χ1v) is 5.60. The average Bonchev–Trinajstić information content (AvgIpc) is 2.89. The second kappa shape index (κ2) is 4.37. The number of benzene rings is 1. The highest BCUT2D eigenvalue weighted by Crippen LogP contribution is 2.23. The standard InChI is InChI=1S/C13H12N4O/c14-9-1-2-11-12(3-5-15-13(11)7-9)16-8-10-4-6-18-17-10/h1-7H,8,14H2,(H,15,16). The summed E-state index contributed by atoms with van der Waals surface area (Å²) in [6, 6.07) is 9.44. The number of nitrogens with one attached hydrogen (secondary N) is 1. The first kappa shape index (κ1) is 10.6. The van der Waals surface area contributed by atoms with Crippen molar-refractivity contribution in [3.8, 4) is 0 Å². The lowest BCUT2D eigenvalue weighted by Crippen LogP contribution is -2.00. The summed E-state index contributed by atoms with van der Waals surface area (Å²) in [4.78, 5) is 4.29. The van der Waals surface area contributed by atoms with Gasteiger partial charge >= 0.3 is 0 Å². The van der Waals surface area contributed by atoms with Crippen molar-refractivity contribution >= 4 is 22.3 Å². The van der Waals surface area contributed by atoms with Gasteiger partial charge in [-0.3, -0.25) is 4.98 Å². The monoisotopic (exact) mass is 240 g/mol. The number of nitrogens with two attached hydrogens (primary N) is 1. The molecular weight excluding hydrogens is 228 g/mol. The van der Waals surface area contributed by atoms with Crippen molar-refractivity contribution < 1.29 is 4.52 Å². The van der Waals surface area contributed by atoms with Crippen LogP contribution in [0.2, 0.25) is 0 Å². The van der Waals surface area contributed by atoms with E-state index in [-0.39, 0.29) is 0 Å². The maximum Gasteiger partial charge on any atom is 0.124 e. The van der Waals surface area contributed by atoms with E-state index in [9.17, 15) is 0 Å². The van der Waals surface area contributed by atoms with Crippen LogP contribution in [0.15, 0.2) is 47.3 Å². The molecule has 0 saturated carbocycles. The van der Waals surface area contributed by atoms with Gasteiger partial charge in [0, 0.05) is 29.0 Å². The van der Waals surface area contributed by atoms with Crippen LogP contribution >= 0.6 is 0 Å². The molecule has 0 aliphatic carbocycles. The van der Waals surface area contributed by atoms with Crippen molar-refractivity contribution in [1.82, 2.24) is 10.1 Å². The molecule has 2 heterocycles. The number of pyridine rings is 1. The van der Waals surface area contributed by atoms with Crippen molar-refractivity contribution in [2.75, 3.05) is 11.1 Å². The molecule has 0 fully saturated rings. The quantitative estimate of drug-likeness (QED) is 0.687. The Balaban J connectivity index is 1.92. The summed E-state index contributed by atoms with van der Waals surface area (Å²) in [6.45, 7) is 0.611. The van der Waals surface area contributed by atoms with Crippen molar-refractivity contribution in [1.29, 1.82) is 0 Å². The smallest absolute Gasteiger partial charge is 0.124 e. The van der Waals surface area contributed by atoms with Gasteiger partial charge in [0.25, 0.3) is 0 Å². The third-order valence-electron chi connectivity index (χ3n) is 2.72. The fourth-order valence-corrected chi connectivity index (χ4v) is 1.83. The van der Waals surface area contributed by atoms with Gasteiger partial charge in [-0.2, -0.15) is 0 Å². The minimum Gasteiger partial charge on any atom is -0.399 e. The Kier molecular flexibility index (Phi) is 2.57. The fraction of sp³-hybridized carbons (Fsp3) is 0.0769. The summed E-state index contributed by atoms with van der Waals surface area (Å²) in [7, 11) is 0. The Morgan fingerprint density at radius 1 is 1.22 bits per heavy atom. The molecule has 0 saturated heterocycles. The van der Waals surface area contributed by atoms with Crippen LogP contribution in [0.1, 0.15) is 5.69 Å². The maximum atomic E-state index is 5.74. The summed E-state index contributed by atoms with van der Waals surface area (Å²) in [5.74, 6) is 0. The summed E-state index contributed by atoms with van der Waals surface area (Å²) < 4.78 is 4.79. The van der Waals surface area contributed by atoms with Crippen molar-refractivity contribution in [2.24, 2.45) is 0 Å². The molecule has 0 unspecified atom stereocenters. The highest BCUT2D eigenvalue weighted by Gasteiger charge is 2.03. The largest absolute Gasteiger partial charge is 0.399 e. The van der Waals surface area contributed by atoms with Gasteiger partial charge in [-0.05, 0) is 24.3 Å². The lowest BCUT2D eigenvalue weighted by atomic mass is 10.1. The van der Waals surface area contributed by atoms with Gasteiger partial charge in [-0.25, -0.2) is 0 Å². The molecule has 18 heavy (non-hydrogen) atoms. The molecule has 0 amide bonds. The molecule has 0 aliphatic heterocycles. The van der Waals surface area contributed by atoms with Crippen molar-refractivity contribution in [3.05, 3.63) is 48.5 Å². The normalized spacial score (nSPS) is 10.7. The van der Waals surface area contributed by atoms with E-state index in [1.165, 1.54) is 0 Å². The van der Waals surface area contributed by atoms with Crippen LogP contribution in [0.25, 0.3) is 10.9 Å². The summed E-state index contributed by atoms with van der Waals surface area (Å²) >= 11 is 0. The highest BCUT2D eigenvalue weighted by molar-refractivity contribution is 5.92. The molecule has 0 aliphatic rings. The molecule has 1 aromatic carbocycles. The van der Waals surface area contributed by atoms with E-state index in [2.05, 4.69) is 15.5 Å². The van der Waals surface area contributed by atoms with E-state index in [4.69, 9.17) is 10.3 Å². The average molecular weight is 240 g/mol. The van der Waals surface area contributed by atoms with Crippen LogP contribution in [0.3, 0.4) is 0 Å². The topological polar surface area (TPSA) is 77.0 Å². The Morgan fingerprint density at radius 3 is 3.00 bits per heavy atom. The minimum atomic E-state index is 0.611. The van der Waals surface area contributed by atoms with Gasteiger partial charge in [0.05, 0.1) is 12.1 Å². The van der Waals surface area contributed by atoms with Gasteiger partial charge in [0.2, 0.25) is 0 Å². The zero-order chi connectivity index (χ0) is 12.4. The van der Waals surface area contributed by atoms with E-state index in [1.54, 1.807) is 12.5 Å². The van der Waals surface area contributed by atoms with E-state index >= 15 is 0 Å². The lowest BCUT2D eigenvalue weighted by Gasteiger charge is -2.08. The fourth-order valence-electron chi connectivity index (χ4n) is 1.83. The third kappa shape index (κ3) is 1.98. The van der Waals surface area contributed by atoms with Crippen LogP contribution in [-0.4, -0.2) is 10.1 Å². The van der Waals surface area contributed by atoms with Crippen LogP contribution in [0, 0.1) is 0 Å². The predicted octanol–water partition coefficient (Wildman–Crippen LogP) is 2.42. The van der Waals surface area contributed by atoms with Gasteiger partial charge in [0.1, 0.15) is 12.0 Å². The van der Waals surface area contributed by atoms with E-state index in [1.807, 2.05) is 30.3 Å². The summed E-state index contributed by atoms with van der Waals surface area (Å²) in [5, 5.41) is 8.20. The number of aromatic nitrogens is 2. The second-order valence-corrected chi connectivity index (χ2v) is 3.98. The molecule has 0 bridgehead atoms. The van der Waals surface area contributed by atoms with E-state index in [0.29, 0.717) is 12.2 Å². The number of hydrogen-bond donors (Lipinski definition) is 2. The Hall–Kier alpha value is -2.56. The highest BCUT2D eigenvalue weighted by atomic mass is 16.5. The molecule has 5 heteroatoms. The molecule has 0 atom stereocenters. The third-order valence-corrected chi connectivity index (χ3v) is 2.72. The van der Waals surface area contributed by atoms with Crippen molar-refractivity contribution in [2.45, 2.75) is 6.54 Å². The molecule has 3 N–H and O–H groups in total. The number of fused-ring (bicyclic) bond motifs is 1. The Labute approximate surface area is 104 Å². The molecule has 0 spiro atoms. The molecule has 3 aromatic rings. The predicted molar refractivity (Wildman–Crippen MR) is 70.0 cm³/mol. The van der Waals surface area contributed by atoms with Gasteiger partial charge < -0.3 is 15.6 Å². The zero-order valence-corrected chi connectivity index (χ0v) is 9.63. The Bertz CT molecular complexity index is 664. The van der Waals surface area contributed by atoms with Gasteiger partial charge in [-0.15, -0.1) is 0 Å². The molecular formula is C13H12N4O. The van der Waals surface area contributed by atoms with Gasteiger partial charge in [-0.1, -0.05) is 5.16 Å². The lowest BCUT2D eigenvalue weighted by molar-refractivity contribution is 0.412. The molecule has 0 radical (unpaired) electrons. The van der Waals surface area contributed by atoms with E-state index in [0.717, 1.165) is 22.3 Å². The molecule has 5 nitrogen and oxygen atoms in total. The zero-order valence-electron chi connectivity index (χ0n) is 9.63. The molecule has 90 valence electrons. The summed E-state index contributed by atoms with van der Waals surface area (Å²) in [5.41, 5.74) is 9.19. The number of nitrogens with zero attached hydrogens (tertiary/aromatic N) is 2. The number of hydrogen-bond acceptors (Lipinski definition) is 5. The molecule has 2 aromatic heterocycles. The number of anilines is 2. The summed E-state index contributed by atoms with van der Waals surface area (Å²) in [6.07, 6.45) is 3.31. The first-order valence-electron chi connectivity index (χ1n) is 5.60. The van der Waals surface area contributed by atoms with Crippen LogP contribution < -0.4 is 11.1 Å². The maximum absolute atomic E-state index is 5.74. The Morgan fingerprint density at radius 2 is 2.17 bits per heavy atom. The number of rotatable bonds is 3. The SMILES string of the molecule is Nc1ccc2c(NCc3ccon3)ccnc2c1. The first-order chi connectivity index (χ1) is 8.83. The van der Waals surface area contributed by atoms with Gasteiger partial charge in [0.15, 0.2) is 0 Å². The molecule has 3 rings (SSSR count). The van der Waals surface area contributed by atoms with Crippen molar-refractivity contribution in [3.63, 3.8) is 0 Å². The van der Waals surface area contributed by atoms with Crippen LogP contribution in [0.5, 0.6) is 0 Å². The second-order valence-electron chi connectivity index (χ2n) is 3.98. The number of nitrogen functional groups attached to an aromatic ring is 1. The minimum absolute atomic E-state index is 0.611. The van der Waals surface area contributed by atoms with E-state index < -0.39 is 0 Å².